The molecule has 68 valence electrons. The molecular weight excluding hydrogens is 179 g/mol. The van der Waals surface area contributed by atoms with Crippen LogP contribution in [0.25, 0.3) is 0 Å². The van der Waals surface area contributed by atoms with Crippen LogP contribution in [0.15, 0.2) is 0 Å². The highest BCUT2D eigenvalue weighted by atomic mass is 31.2. The Hall–Kier alpha value is -0.330. The predicted molar refractivity (Wildman–Crippen MR) is 43.5 cm³/mol. The van der Waals surface area contributed by atoms with Crippen molar-refractivity contribution in [3.05, 3.63) is 0 Å². The molecule has 12 heavy (non-hydrogen) atoms. The molecule has 0 aromatic rings. The summed E-state index contributed by atoms with van der Waals surface area (Å²) in [5.41, 5.74) is 0. The van der Waals surface area contributed by atoms with E-state index in [4.69, 9.17) is 20.0 Å². The van der Waals surface area contributed by atoms with E-state index in [2.05, 4.69) is 5.92 Å². The number of hydrogen-bond acceptors (Lipinski definition) is 4. The van der Waals surface area contributed by atoms with Crippen LogP contribution >= 0.6 is 7.82 Å². The van der Waals surface area contributed by atoms with Gasteiger partial charge in [0.25, 0.3) is 0 Å². The zero-order chi connectivity index (χ0) is 9.03. The summed E-state index contributed by atoms with van der Waals surface area (Å²) in [7, 11) is -3.30. The first-order valence-corrected chi connectivity index (χ1v) is 5.20. The van der Waals surface area contributed by atoms with Crippen LogP contribution in [0.4, 0.5) is 0 Å². The van der Waals surface area contributed by atoms with Gasteiger partial charge in [0.2, 0.25) is 0 Å². The lowest BCUT2D eigenvalue weighted by atomic mass is 10.4. The van der Waals surface area contributed by atoms with Crippen molar-refractivity contribution >= 4 is 7.82 Å². The summed E-state index contributed by atoms with van der Waals surface area (Å²) in [6.45, 7) is 2.41. The third-order valence-corrected chi connectivity index (χ3v) is 2.76. The molecule has 2 atom stereocenters. The molecule has 0 saturated carbocycles. The molecule has 1 heterocycles. The van der Waals surface area contributed by atoms with Crippen LogP contribution in [0.1, 0.15) is 13.3 Å². The minimum absolute atomic E-state index is 0.150. The van der Waals surface area contributed by atoms with Crippen LogP contribution in [0.2, 0.25) is 0 Å². The van der Waals surface area contributed by atoms with Gasteiger partial charge in [-0.15, -0.1) is 6.42 Å². The fourth-order valence-corrected chi connectivity index (χ4v) is 2.08. The normalized spacial score (nSPS) is 34.8. The van der Waals surface area contributed by atoms with E-state index < -0.39 is 13.9 Å². The molecule has 1 aliphatic rings. The molecule has 0 amide bonds. The Bertz CT molecular complexity index is 232. The first-order chi connectivity index (χ1) is 5.70. The summed E-state index contributed by atoms with van der Waals surface area (Å²) in [6, 6.07) is 0. The molecule has 0 spiro atoms. The van der Waals surface area contributed by atoms with Crippen LogP contribution in [-0.4, -0.2) is 19.3 Å². The summed E-state index contributed by atoms with van der Waals surface area (Å²) in [6.07, 6.45) is 5.28. The molecule has 0 N–H and O–H groups in total. The first-order valence-electron chi connectivity index (χ1n) is 3.74. The van der Waals surface area contributed by atoms with E-state index in [0.29, 0.717) is 6.61 Å². The second-order valence-electron chi connectivity index (χ2n) is 2.34. The fourth-order valence-electron chi connectivity index (χ4n) is 0.725. The summed E-state index contributed by atoms with van der Waals surface area (Å²) in [5.74, 6) is 2.30. The van der Waals surface area contributed by atoms with Crippen LogP contribution < -0.4 is 0 Å². The molecule has 1 saturated heterocycles. The summed E-state index contributed by atoms with van der Waals surface area (Å²) in [5, 5.41) is 0. The summed E-state index contributed by atoms with van der Waals surface area (Å²) in [4.78, 5) is 0. The highest BCUT2D eigenvalue weighted by Gasteiger charge is 2.37. The molecule has 0 bridgehead atoms. The summed E-state index contributed by atoms with van der Waals surface area (Å²) >= 11 is 0. The molecule has 1 fully saturated rings. The van der Waals surface area contributed by atoms with Gasteiger partial charge < -0.3 is 0 Å². The van der Waals surface area contributed by atoms with Crippen LogP contribution in [0, 0.1) is 12.3 Å². The van der Waals surface area contributed by atoms with E-state index in [1.807, 2.05) is 6.92 Å². The van der Waals surface area contributed by atoms with Crippen molar-refractivity contribution < 1.29 is 18.1 Å². The lowest BCUT2D eigenvalue weighted by Gasteiger charge is -2.08. The predicted octanol–water partition coefficient (Wildman–Crippen LogP) is 1.57. The molecule has 0 aromatic carbocycles. The highest BCUT2D eigenvalue weighted by Crippen LogP contribution is 2.54. The minimum Gasteiger partial charge on any atom is -0.287 e. The Labute approximate surface area is 71.8 Å². The van der Waals surface area contributed by atoms with Gasteiger partial charge in [-0.25, -0.2) is 4.57 Å². The quantitative estimate of drug-likeness (QED) is 0.500. The molecule has 2 unspecified atom stereocenters. The van der Waals surface area contributed by atoms with Gasteiger partial charge in [0.15, 0.2) is 6.10 Å². The van der Waals surface area contributed by atoms with Gasteiger partial charge in [-0.3, -0.25) is 13.6 Å². The number of terminal acetylenes is 1. The largest absolute Gasteiger partial charge is 0.476 e. The van der Waals surface area contributed by atoms with Crippen molar-refractivity contribution in [2.24, 2.45) is 0 Å². The van der Waals surface area contributed by atoms with Gasteiger partial charge in [-0.1, -0.05) is 12.8 Å². The molecule has 1 aliphatic heterocycles. The van der Waals surface area contributed by atoms with Crippen LogP contribution in [0.3, 0.4) is 0 Å². The monoisotopic (exact) mass is 190 g/mol. The third-order valence-electron chi connectivity index (χ3n) is 1.28. The van der Waals surface area contributed by atoms with Crippen LogP contribution in [-0.2, 0) is 18.1 Å². The first kappa shape index (κ1) is 9.76. The molecule has 0 aliphatic carbocycles. The maximum atomic E-state index is 11.4. The Balaban J connectivity index is 2.43. The molecule has 5 heteroatoms. The molecular formula is C7H11O4P. The van der Waals surface area contributed by atoms with Crippen molar-refractivity contribution in [2.45, 2.75) is 19.4 Å². The maximum absolute atomic E-state index is 11.4. The van der Waals surface area contributed by atoms with E-state index in [-0.39, 0.29) is 6.61 Å². The minimum atomic E-state index is -3.30. The van der Waals surface area contributed by atoms with Crippen molar-refractivity contribution in [2.75, 3.05) is 13.2 Å². The highest BCUT2D eigenvalue weighted by molar-refractivity contribution is 7.48. The Kier molecular flexibility index (Phi) is 3.30. The Morgan fingerprint density at radius 2 is 2.58 bits per heavy atom. The molecule has 1 rings (SSSR count). The second kappa shape index (κ2) is 4.06. The maximum Gasteiger partial charge on any atom is 0.476 e. The summed E-state index contributed by atoms with van der Waals surface area (Å²) < 4.78 is 26.0. The number of rotatable bonds is 3. The number of phosphoric ester groups is 1. The number of hydrogen-bond donors (Lipinski definition) is 0. The lowest BCUT2D eigenvalue weighted by molar-refractivity contribution is 0.185. The van der Waals surface area contributed by atoms with E-state index >= 15 is 0 Å². The Morgan fingerprint density at radius 1 is 1.83 bits per heavy atom. The van der Waals surface area contributed by atoms with Crippen molar-refractivity contribution in [1.29, 1.82) is 0 Å². The smallest absolute Gasteiger partial charge is 0.287 e. The number of phosphoric acid groups is 1. The zero-order valence-corrected chi connectivity index (χ0v) is 7.75. The van der Waals surface area contributed by atoms with Crippen molar-refractivity contribution in [3.63, 3.8) is 0 Å². The van der Waals surface area contributed by atoms with Crippen LogP contribution in [0.5, 0.6) is 0 Å². The topological polar surface area (TPSA) is 44.8 Å². The van der Waals surface area contributed by atoms with Crippen molar-refractivity contribution in [3.8, 4) is 12.3 Å². The van der Waals surface area contributed by atoms with E-state index in [1.54, 1.807) is 0 Å². The van der Waals surface area contributed by atoms with Crippen molar-refractivity contribution in [1.82, 2.24) is 0 Å². The molecule has 0 aromatic heterocycles. The van der Waals surface area contributed by atoms with Gasteiger partial charge in [0, 0.05) is 0 Å². The Morgan fingerprint density at radius 3 is 3.08 bits per heavy atom. The molecule has 4 nitrogen and oxygen atoms in total. The van der Waals surface area contributed by atoms with Gasteiger partial charge in [-0.2, -0.15) is 0 Å². The standard InChI is InChI=1S/C7H11O4P/c1-3-5-9-12(8)10-6-7(4-2)11-12/h2,7H,3,5-6H2,1H3. The lowest BCUT2D eigenvalue weighted by Crippen LogP contribution is -2.03. The van der Waals surface area contributed by atoms with Gasteiger partial charge in [0.1, 0.15) is 0 Å². The van der Waals surface area contributed by atoms with Gasteiger partial charge in [0.05, 0.1) is 13.2 Å². The van der Waals surface area contributed by atoms with Gasteiger partial charge >= 0.3 is 7.82 Å². The third kappa shape index (κ3) is 2.33. The van der Waals surface area contributed by atoms with Gasteiger partial charge in [-0.05, 0) is 6.42 Å². The average Bonchev–Trinajstić information content (AvgIpc) is 2.45. The van der Waals surface area contributed by atoms with E-state index in [1.165, 1.54) is 0 Å². The zero-order valence-electron chi connectivity index (χ0n) is 6.86. The fraction of sp³-hybridized carbons (Fsp3) is 0.714. The van der Waals surface area contributed by atoms with E-state index in [0.717, 1.165) is 6.42 Å². The average molecular weight is 190 g/mol. The van der Waals surface area contributed by atoms with E-state index in [9.17, 15) is 4.57 Å². The second-order valence-corrected chi connectivity index (χ2v) is 3.96. The molecule has 0 radical (unpaired) electrons. The SMILES string of the molecule is C#CC1COP(=O)(OCCC)O1.